The second-order valence-corrected chi connectivity index (χ2v) is 4.97. The third-order valence-corrected chi connectivity index (χ3v) is 2.93. The van der Waals surface area contributed by atoms with Crippen molar-refractivity contribution in [3.8, 4) is 0 Å². The molecule has 0 aromatic heterocycles. The number of unbranched alkanes of at least 4 members (excludes halogenated alkanes) is 2. The van der Waals surface area contributed by atoms with Gasteiger partial charge in [-0.25, -0.2) is 0 Å². The van der Waals surface area contributed by atoms with E-state index in [9.17, 15) is 5.11 Å². The van der Waals surface area contributed by atoms with Gasteiger partial charge in [-0.05, 0) is 47.1 Å². The van der Waals surface area contributed by atoms with Crippen molar-refractivity contribution < 1.29 is 5.11 Å². The normalized spacial score (nSPS) is 16.0. The number of aliphatic hydroxyl groups is 1. The first-order chi connectivity index (χ1) is 6.99. The largest absolute Gasteiger partial charge is 0.393 e. The Kier molecular flexibility index (Phi) is 8.07. The third-order valence-electron chi connectivity index (χ3n) is 2.93. The lowest BCUT2D eigenvalue weighted by atomic mass is 10.1. The van der Waals surface area contributed by atoms with Gasteiger partial charge in [0, 0.05) is 12.1 Å². The smallest absolute Gasteiger partial charge is 0.0526 e. The van der Waals surface area contributed by atoms with Crippen molar-refractivity contribution in [2.24, 2.45) is 0 Å². The van der Waals surface area contributed by atoms with Crippen molar-refractivity contribution >= 4 is 0 Å². The monoisotopic (exact) mass is 215 g/mol. The van der Waals surface area contributed by atoms with E-state index in [1.165, 1.54) is 25.8 Å². The van der Waals surface area contributed by atoms with E-state index in [0.717, 1.165) is 6.42 Å². The van der Waals surface area contributed by atoms with Crippen molar-refractivity contribution in [1.82, 2.24) is 4.90 Å². The van der Waals surface area contributed by atoms with Crippen LogP contribution in [0.25, 0.3) is 0 Å². The van der Waals surface area contributed by atoms with Gasteiger partial charge in [-0.3, -0.25) is 4.90 Å². The number of hydrogen-bond acceptors (Lipinski definition) is 2. The van der Waals surface area contributed by atoms with Crippen molar-refractivity contribution in [3.05, 3.63) is 0 Å². The molecule has 0 fully saturated rings. The van der Waals surface area contributed by atoms with Crippen LogP contribution in [0.4, 0.5) is 0 Å². The summed E-state index contributed by atoms with van der Waals surface area (Å²) in [5.74, 6) is 0. The SMILES string of the molecule is CCCCCN(C(C)C)C(C)CC(C)O. The van der Waals surface area contributed by atoms with Crippen molar-refractivity contribution in [2.75, 3.05) is 6.54 Å². The minimum atomic E-state index is -0.188. The number of hydrogen-bond donors (Lipinski definition) is 1. The highest BCUT2D eigenvalue weighted by atomic mass is 16.3. The van der Waals surface area contributed by atoms with Crippen LogP contribution in [0.5, 0.6) is 0 Å². The topological polar surface area (TPSA) is 23.5 Å². The molecule has 0 aromatic carbocycles. The first-order valence-corrected chi connectivity index (χ1v) is 6.42. The minimum Gasteiger partial charge on any atom is -0.393 e. The summed E-state index contributed by atoms with van der Waals surface area (Å²) in [4.78, 5) is 2.50. The van der Waals surface area contributed by atoms with E-state index in [1.807, 2.05) is 6.92 Å². The van der Waals surface area contributed by atoms with Gasteiger partial charge in [0.05, 0.1) is 6.10 Å². The van der Waals surface area contributed by atoms with E-state index in [4.69, 9.17) is 0 Å². The van der Waals surface area contributed by atoms with Gasteiger partial charge >= 0.3 is 0 Å². The summed E-state index contributed by atoms with van der Waals surface area (Å²) in [6.45, 7) is 12.0. The molecule has 0 rings (SSSR count). The van der Waals surface area contributed by atoms with Gasteiger partial charge in [-0.1, -0.05) is 19.8 Å². The Morgan fingerprint density at radius 2 is 1.67 bits per heavy atom. The molecule has 2 atom stereocenters. The van der Waals surface area contributed by atoms with E-state index < -0.39 is 0 Å². The summed E-state index contributed by atoms with van der Waals surface area (Å²) >= 11 is 0. The van der Waals surface area contributed by atoms with Crippen molar-refractivity contribution in [3.63, 3.8) is 0 Å². The van der Waals surface area contributed by atoms with Gasteiger partial charge in [0.2, 0.25) is 0 Å². The van der Waals surface area contributed by atoms with Crippen LogP contribution in [-0.4, -0.2) is 34.7 Å². The molecule has 0 saturated carbocycles. The van der Waals surface area contributed by atoms with E-state index in [-0.39, 0.29) is 6.10 Å². The second kappa shape index (κ2) is 8.12. The molecule has 2 unspecified atom stereocenters. The Labute approximate surface area is 95.7 Å². The highest BCUT2D eigenvalue weighted by molar-refractivity contribution is 4.72. The summed E-state index contributed by atoms with van der Waals surface area (Å²) in [5.41, 5.74) is 0. The zero-order valence-corrected chi connectivity index (χ0v) is 11.2. The van der Waals surface area contributed by atoms with Crippen LogP contribution < -0.4 is 0 Å². The van der Waals surface area contributed by atoms with Crippen LogP contribution >= 0.6 is 0 Å². The van der Waals surface area contributed by atoms with Crippen LogP contribution in [0.3, 0.4) is 0 Å². The molecule has 0 heterocycles. The maximum absolute atomic E-state index is 9.40. The van der Waals surface area contributed by atoms with Crippen LogP contribution in [0.15, 0.2) is 0 Å². The molecule has 0 aliphatic heterocycles. The number of rotatable bonds is 8. The quantitative estimate of drug-likeness (QED) is 0.629. The lowest BCUT2D eigenvalue weighted by molar-refractivity contribution is 0.0987. The molecular formula is C13H29NO. The Morgan fingerprint density at radius 1 is 1.07 bits per heavy atom. The van der Waals surface area contributed by atoms with Crippen LogP contribution in [0.2, 0.25) is 0 Å². The average Bonchev–Trinajstić information content (AvgIpc) is 2.10. The van der Waals surface area contributed by atoms with Gasteiger partial charge in [0.15, 0.2) is 0 Å². The lowest BCUT2D eigenvalue weighted by Gasteiger charge is -2.33. The maximum atomic E-state index is 9.40. The summed E-state index contributed by atoms with van der Waals surface area (Å²) in [5, 5.41) is 9.40. The highest BCUT2D eigenvalue weighted by Crippen LogP contribution is 2.12. The lowest BCUT2D eigenvalue weighted by Crippen LogP contribution is -2.40. The summed E-state index contributed by atoms with van der Waals surface area (Å²) in [6.07, 6.45) is 4.55. The number of nitrogens with zero attached hydrogens (tertiary/aromatic N) is 1. The van der Waals surface area contributed by atoms with Gasteiger partial charge in [0.25, 0.3) is 0 Å². The predicted octanol–water partition coefficient (Wildman–Crippen LogP) is 3.05. The Bertz CT molecular complexity index is 145. The molecule has 0 aliphatic carbocycles. The molecule has 0 bridgehead atoms. The van der Waals surface area contributed by atoms with E-state index in [2.05, 4.69) is 32.6 Å². The minimum absolute atomic E-state index is 0.188. The van der Waals surface area contributed by atoms with E-state index in [1.54, 1.807) is 0 Å². The Hall–Kier alpha value is -0.0800. The average molecular weight is 215 g/mol. The molecule has 0 amide bonds. The number of aliphatic hydroxyl groups excluding tert-OH is 1. The van der Waals surface area contributed by atoms with Gasteiger partial charge in [-0.15, -0.1) is 0 Å². The molecule has 92 valence electrons. The molecule has 0 spiro atoms. The molecule has 0 radical (unpaired) electrons. The molecule has 0 aliphatic rings. The molecule has 0 aromatic rings. The van der Waals surface area contributed by atoms with Crippen LogP contribution in [0.1, 0.15) is 60.3 Å². The van der Waals surface area contributed by atoms with Crippen LogP contribution in [-0.2, 0) is 0 Å². The fourth-order valence-electron chi connectivity index (χ4n) is 2.16. The predicted molar refractivity (Wildman–Crippen MR) is 67.1 cm³/mol. The molecule has 1 N–H and O–H groups in total. The maximum Gasteiger partial charge on any atom is 0.0526 e. The first-order valence-electron chi connectivity index (χ1n) is 6.42. The zero-order valence-electron chi connectivity index (χ0n) is 11.2. The van der Waals surface area contributed by atoms with E-state index >= 15 is 0 Å². The van der Waals surface area contributed by atoms with Gasteiger partial charge < -0.3 is 5.11 Å². The van der Waals surface area contributed by atoms with Gasteiger partial charge in [0.1, 0.15) is 0 Å². The summed E-state index contributed by atoms with van der Waals surface area (Å²) < 4.78 is 0. The van der Waals surface area contributed by atoms with Crippen molar-refractivity contribution in [1.29, 1.82) is 0 Å². The standard InChI is InChI=1S/C13H29NO/c1-6-7-8-9-14(11(2)3)12(4)10-13(5)15/h11-13,15H,6-10H2,1-5H3. The molecule has 15 heavy (non-hydrogen) atoms. The zero-order chi connectivity index (χ0) is 11.8. The molecular weight excluding hydrogens is 186 g/mol. The molecule has 2 nitrogen and oxygen atoms in total. The van der Waals surface area contributed by atoms with Crippen molar-refractivity contribution in [2.45, 2.75) is 78.5 Å². The highest BCUT2D eigenvalue weighted by Gasteiger charge is 2.17. The van der Waals surface area contributed by atoms with Crippen LogP contribution in [0, 0.1) is 0 Å². The Balaban J connectivity index is 4.01. The molecule has 0 saturated heterocycles. The summed E-state index contributed by atoms with van der Waals surface area (Å²) in [7, 11) is 0. The third kappa shape index (κ3) is 6.91. The summed E-state index contributed by atoms with van der Waals surface area (Å²) in [6, 6.07) is 1.07. The Morgan fingerprint density at radius 3 is 2.07 bits per heavy atom. The fraction of sp³-hybridized carbons (Fsp3) is 1.00. The van der Waals surface area contributed by atoms with Gasteiger partial charge in [-0.2, -0.15) is 0 Å². The molecule has 2 heteroatoms. The first kappa shape index (κ1) is 14.9. The second-order valence-electron chi connectivity index (χ2n) is 4.97. The van der Waals surface area contributed by atoms with E-state index in [0.29, 0.717) is 12.1 Å². The fourth-order valence-corrected chi connectivity index (χ4v) is 2.16.